The van der Waals surface area contributed by atoms with Gasteiger partial charge in [0.25, 0.3) is 0 Å². The van der Waals surface area contributed by atoms with Gasteiger partial charge in [-0.2, -0.15) is 5.90 Å². The molecule has 0 saturated carbocycles. The Kier molecular flexibility index (Phi) is 3.53. The summed E-state index contributed by atoms with van der Waals surface area (Å²) in [5, 5.41) is 0. The molecule has 0 bridgehead atoms. The molecule has 0 aliphatic carbocycles. The van der Waals surface area contributed by atoms with Crippen LogP contribution in [0.2, 0.25) is 0 Å². The van der Waals surface area contributed by atoms with Crippen LogP contribution in [0, 0.1) is 11.6 Å². The highest BCUT2D eigenvalue weighted by molar-refractivity contribution is 5.69. The molecule has 76 valence electrons. The van der Waals surface area contributed by atoms with Gasteiger partial charge in [-0.25, -0.2) is 8.78 Å². The summed E-state index contributed by atoms with van der Waals surface area (Å²) in [6.07, 6.45) is 0.199. The molecule has 0 aromatic heterocycles. The van der Waals surface area contributed by atoms with Crippen LogP contribution in [0.1, 0.15) is 12.0 Å². The van der Waals surface area contributed by atoms with E-state index in [4.69, 9.17) is 0 Å². The maximum atomic E-state index is 12.7. The average Bonchev–Trinajstić information content (AvgIpc) is 2.12. The maximum Gasteiger partial charge on any atom is 0.324 e. The zero-order valence-corrected chi connectivity index (χ0v) is 7.30. The first kappa shape index (κ1) is 10.6. The van der Waals surface area contributed by atoms with Crippen molar-refractivity contribution in [3.05, 3.63) is 35.4 Å². The lowest BCUT2D eigenvalue weighted by Gasteiger charge is -2.00. The zero-order chi connectivity index (χ0) is 10.6. The summed E-state index contributed by atoms with van der Waals surface area (Å²) < 4.78 is 25.3. The van der Waals surface area contributed by atoms with Crippen molar-refractivity contribution in [2.75, 3.05) is 0 Å². The summed E-state index contributed by atoms with van der Waals surface area (Å²) in [5.41, 5.74) is 0.396. The Labute approximate surface area is 79.4 Å². The molecule has 14 heavy (non-hydrogen) atoms. The number of halogens is 2. The first-order chi connectivity index (χ1) is 6.61. The van der Waals surface area contributed by atoms with Gasteiger partial charge in [0.15, 0.2) is 0 Å². The van der Waals surface area contributed by atoms with E-state index in [1.807, 2.05) is 0 Å². The number of carbonyl (C=O) groups is 1. The van der Waals surface area contributed by atoms with Crippen LogP contribution in [0.3, 0.4) is 0 Å². The number of nitrogens with two attached hydrogens (primary N) is 1. The molecule has 3 nitrogen and oxygen atoms in total. The third kappa shape index (κ3) is 3.10. The minimum atomic E-state index is -0.666. The number of aryl methyl sites for hydroxylation is 1. The second kappa shape index (κ2) is 4.66. The highest BCUT2D eigenvalue weighted by Gasteiger charge is 2.04. The topological polar surface area (TPSA) is 52.3 Å². The standard InChI is InChI=1S/C9H9F2NO2/c10-7-3-6(4-8(11)5-7)1-2-9(13)14-12/h3-5H,1-2,12H2. The number of carbonyl (C=O) groups excluding carboxylic acids is 1. The van der Waals surface area contributed by atoms with E-state index in [1.165, 1.54) is 0 Å². The van der Waals surface area contributed by atoms with Gasteiger partial charge >= 0.3 is 5.97 Å². The fraction of sp³-hybridized carbons (Fsp3) is 0.222. The van der Waals surface area contributed by atoms with E-state index in [2.05, 4.69) is 10.7 Å². The van der Waals surface area contributed by atoms with Crippen molar-refractivity contribution in [3.63, 3.8) is 0 Å². The van der Waals surface area contributed by atoms with Gasteiger partial charge in [0.2, 0.25) is 0 Å². The fourth-order valence-electron chi connectivity index (χ4n) is 1.06. The van der Waals surface area contributed by atoms with E-state index < -0.39 is 17.6 Å². The Morgan fingerprint density at radius 2 is 1.86 bits per heavy atom. The largest absolute Gasteiger partial charge is 0.373 e. The molecule has 5 heteroatoms. The van der Waals surface area contributed by atoms with E-state index in [1.54, 1.807) is 0 Å². The highest BCUT2D eigenvalue weighted by atomic mass is 19.1. The molecule has 0 amide bonds. The highest BCUT2D eigenvalue weighted by Crippen LogP contribution is 2.09. The van der Waals surface area contributed by atoms with E-state index in [-0.39, 0.29) is 12.8 Å². The summed E-state index contributed by atoms with van der Waals surface area (Å²) in [4.78, 5) is 14.5. The van der Waals surface area contributed by atoms with Gasteiger partial charge in [-0.1, -0.05) is 0 Å². The van der Waals surface area contributed by atoms with Crippen molar-refractivity contribution in [2.45, 2.75) is 12.8 Å². The van der Waals surface area contributed by atoms with Crippen molar-refractivity contribution in [2.24, 2.45) is 5.90 Å². The zero-order valence-electron chi connectivity index (χ0n) is 7.30. The number of rotatable bonds is 3. The van der Waals surface area contributed by atoms with Crippen LogP contribution >= 0.6 is 0 Å². The molecule has 0 aliphatic heterocycles. The minimum absolute atomic E-state index is 0.000602. The van der Waals surface area contributed by atoms with Crippen LogP contribution in [0.4, 0.5) is 8.78 Å². The maximum absolute atomic E-state index is 12.7. The van der Waals surface area contributed by atoms with E-state index in [0.29, 0.717) is 5.56 Å². The summed E-state index contributed by atoms with van der Waals surface area (Å²) in [6.45, 7) is 0. The summed E-state index contributed by atoms with van der Waals surface area (Å²) in [6, 6.07) is 3.09. The van der Waals surface area contributed by atoms with Crippen molar-refractivity contribution < 1.29 is 18.4 Å². The third-order valence-electron chi connectivity index (χ3n) is 1.67. The van der Waals surface area contributed by atoms with Gasteiger partial charge in [-0.3, -0.25) is 4.79 Å². The third-order valence-corrected chi connectivity index (χ3v) is 1.67. The van der Waals surface area contributed by atoms with E-state index in [0.717, 1.165) is 18.2 Å². The van der Waals surface area contributed by atoms with Crippen molar-refractivity contribution in [1.82, 2.24) is 0 Å². The van der Waals surface area contributed by atoms with Crippen LogP contribution in [-0.2, 0) is 16.1 Å². The molecule has 0 unspecified atom stereocenters. The minimum Gasteiger partial charge on any atom is -0.373 e. The molecule has 0 aliphatic rings. The van der Waals surface area contributed by atoms with Crippen LogP contribution in [0.5, 0.6) is 0 Å². The summed E-state index contributed by atoms with van der Waals surface area (Å²) in [7, 11) is 0. The lowest BCUT2D eigenvalue weighted by molar-refractivity contribution is -0.144. The van der Waals surface area contributed by atoms with Crippen molar-refractivity contribution in [1.29, 1.82) is 0 Å². The van der Waals surface area contributed by atoms with Crippen LogP contribution < -0.4 is 5.90 Å². The van der Waals surface area contributed by atoms with Crippen molar-refractivity contribution >= 4 is 5.97 Å². The quantitative estimate of drug-likeness (QED) is 0.750. The molecule has 0 radical (unpaired) electrons. The van der Waals surface area contributed by atoms with Gasteiger partial charge in [-0.05, 0) is 24.1 Å². The predicted molar refractivity (Wildman–Crippen MR) is 45.0 cm³/mol. The molecule has 2 N–H and O–H groups in total. The normalized spacial score (nSPS) is 9.93. The molecule has 1 aromatic carbocycles. The molecule has 0 atom stereocenters. The number of hydrogen-bond acceptors (Lipinski definition) is 3. The molecule has 1 aromatic rings. The lowest BCUT2D eigenvalue weighted by atomic mass is 10.1. The Bertz CT molecular complexity index is 321. The van der Waals surface area contributed by atoms with E-state index in [9.17, 15) is 13.6 Å². The van der Waals surface area contributed by atoms with Gasteiger partial charge in [0.1, 0.15) is 11.6 Å². The predicted octanol–water partition coefficient (Wildman–Crippen LogP) is 1.31. The van der Waals surface area contributed by atoms with Gasteiger partial charge < -0.3 is 4.84 Å². The fourth-order valence-corrected chi connectivity index (χ4v) is 1.06. The molecule has 1 rings (SSSR count). The van der Waals surface area contributed by atoms with Crippen molar-refractivity contribution in [3.8, 4) is 0 Å². The number of benzene rings is 1. The second-order valence-electron chi connectivity index (χ2n) is 2.77. The van der Waals surface area contributed by atoms with Crippen LogP contribution in [-0.4, -0.2) is 5.97 Å². The first-order valence-corrected chi connectivity index (χ1v) is 3.96. The molecular weight excluding hydrogens is 192 g/mol. The molecule has 0 spiro atoms. The SMILES string of the molecule is NOC(=O)CCc1cc(F)cc(F)c1. The van der Waals surface area contributed by atoms with E-state index >= 15 is 0 Å². The Balaban J connectivity index is 2.63. The van der Waals surface area contributed by atoms with Gasteiger partial charge in [-0.15, -0.1) is 0 Å². The summed E-state index contributed by atoms with van der Waals surface area (Å²) >= 11 is 0. The molecule has 0 heterocycles. The van der Waals surface area contributed by atoms with Gasteiger partial charge in [0, 0.05) is 6.07 Å². The Morgan fingerprint density at radius 3 is 2.36 bits per heavy atom. The Morgan fingerprint density at radius 1 is 1.29 bits per heavy atom. The molecule has 0 fully saturated rings. The average molecular weight is 201 g/mol. The smallest absolute Gasteiger partial charge is 0.324 e. The van der Waals surface area contributed by atoms with Crippen LogP contribution in [0.15, 0.2) is 18.2 Å². The summed E-state index contributed by atoms with van der Waals surface area (Å²) in [5.74, 6) is 2.65. The Hall–Kier alpha value is -1.49. The second-order valence-corrected chi connectivity index (χ2v) is 2.77. The van der Waals surface area contributed by atoms with Crippen LogP contribution in [0.25, 0.3) is 0 Å². The number of hydrogen-bond donors (Lipinski definition) is 1. The van der Waals surface area contributed by atoms with Gasteiger partial charge in [0.05, 0.1) is 6.42 Å². The molecular formula is C9H9F2NO2. The first-order valence-electron chi connectivity index (χ1n) is 3.96. The molecule has 0 saturated heterocycles. The lowest BCUT2D eigenvalue weighted by Crippen LogP contribution is -2.10. The monoisotopic (exact) mass is 201 g/mol.